The molecule has 2 saturated heterocycles. The number of hydrogen-bond donors (Lipinski definition) is 2. The van der Waals surface area contributed by atoms with Gasteiger partial charge in [-0.2, -0.15) is 0 Å². The second-order valence-electron chi connectivity index (χ2n) is 6.00. The Morgan fingerprint density at radius 3 is 2.80 bits per heavy atom. The van der Waals surface area contributed by atoms with E-state index in [9.17, 15) is 0 Å². The first-order valence-corrected chi connectivity index (χ1v) is 8.04. The first-order valence-electron chi connectivity index (χ1n) is 8.04. The number of nitrogens with one attached hydrogen (secondary N) is 2. The average Bonchev–Trinajstić information content (AvgIpc) is 2.55. The van der Waals surface area contributed by atoms with Crippen LogP contribution in [0.15, 0.2) is 24.4 Å². The third kappa shape index (κ3) is 3.70. The van der Waals surface area contributed by atoms with Crippen molar-refractivity contribution in [1.29, 1.82) is 0 Å². The summed E-state index contributed by atoms with van der Waals surface area (Å²) < 4.78 is 0. The third-order valence-electron chi connectivity index (χ3n) is 4.53. The van der Waals surface area contributed by atoms with Crippen LogP contribution in [0.2, 0.25) is 0 Å². The molecule has 1 aromatic rings. The van der Waals surface area contributed by atoms with Crippen molar-refractivity contribution in [2.24, 2.45) is 0 Å². The maximum Gasteiger partial charge on any atom is 0.128 e. The number of pyridine rings is 1. The molecule has 0 amide bonds. The van der Waals surface area contributed by atoms with Gasteiger partial charge in [-0.25, -0.2) is 4.98 Å². The zero-order chi connectivity index (χ0) is 13.6. The van der Waals surface area contributed by atoms with E-state index >= 15 is 0 Å². The minimum atomic E-state index is 0.679. The molecule has 2 aliphatic heterocycles. The van der Waals surface area contributed by atoms with Crippen molar-refractivity contribution in [3.8, 4) is 0 Å². The smallest absolute Gasteiger partial charge is 0.128 e. The van der Waals surface area contributed by atoms with E-state index in [2.05, 4.69) is 32.7 Å². The lowest BCUT2D eigenvalue weighted by molar-refractivity contribution is 0.342. The molecule has 4 nitrogen and oxygen atoms in total. The molecule has 2 N–H and O–H groups in total. The van der Waals surface area contributed by atoms with Crippen molar-refractivity contribution in [1.82, 2.24) is 15.6 Å². The van der Waals surface area contributed by atoms with Crippen LogP contribution >= 0.6 is 0 Å². The Hall–Kier alpha value is -1.13. The summed E-state index contributed by atoms with van der Waals surface area (Å²) in [4.78, 5) is 6.84. The predicted octanol–water partition coefficient (Wildman–Crippen LogP) is 1.78. The molecule has 1 atom stereocenters. The summed E-state index contributed by atoms with van der Waals surface area (Å²) in [5.41, 5.74) is 0. The molecule has 0 spiro atoms. The van der Waals surface area contributed by atoms with E-state index < -0.39 is 0 Å². The molecule has 20 heavy (non-hydrogen) atoms. The van der Waals surface area contributed by atoms with E-state index in [1.54, 1.807) is 0 Å². The topological polar surface area (TPSA) is 40.2 Å². The first kappa shape index (κ1) is 13.8. The number of rotatable bonds is 4. The van der Waals surface area contributed by atoms with Gasteiger partial charge >= 0.3 is 0 Å². The van der Waals surface area contributed by atoms with E-state index in [1.807, 2.05) is 12.3 Å². The van der Waals surface area contributed by atoms with E-state index in [0.29, 0.717) is 12.1 Å². The number of aromatic nitrogens is 1. The highest BCUT2D eigenvalue weighted by Crippen LogP contribution is 2.17. The molecule has 0 saturated carbocycles. The Morgan fingerprint density at radius 1 is 1.20 bits per heavy atom. The van der Waals surface area contributed by atoms with Crippen molar-refractivity contribution < 1.29 is 0 Å². The molecule has 3 rings (SSSR count). The first-order chi connectivity index (χ1) is 9.92. The number of piperidine rings is 2. The van der Waals surface area contributed by atoms with Crippen molar-refractivity contribution in [2.75, 3.05) is 31.1 Å². The van der Waals surface area contributed by atoms with Crippen LogP contribution in [0.3, 0.4) is 0 Å². The molecule has 0 radical (unpaired) electrons. The van der Waals surface area contributed by atoms with Crippen LogP contribution in [0, 0.1) is 0 Å². The Bertz CT molecular complexity index is 381. The minimum Gasteiger partial charge on any atom is -0.357 e. The van der Waals surface area contributed by atoms with Crippen molar-refractivity contribution >= 4 is 5.82 Å². The maximum atomic E-state index is 4.44. The second-order valence-corrected chi connectivity index (χ2v) is 6.00. The lowest BCUT2D eigenvalue weighted by atomic mass is 10.0. The zero-order valence-electron chi connectivity index (χ0n) is 12.2. The molecule has 0 aromatic carbocycles. The summed E-state index contributed by atoms with van der Waals surface area (Å²) in [5.74, 6) is 1.12. The molecule has 1 unspecified atom stereocenters. The third-order valence-corrected chi connectivity index (χ3v) is 4.53. The van der Waals surface area contributed by atoms with Gasteiger partial charge in [-0.05, 0) is 44.4 Å². The largest absolute Gasteiger partial charge is 0.357 e. The quantitative estimate of drug-likeness (QED) is 0.878. The monoisotopic (exact) mass is 274 g/mol. The fourth-order valence-electron chi connectivity index (χ4n) is 3.26. The Kier molecular flexibility index (Phi) is 4.87. The molecule has 4 heteroatoms. The number of anilines is 1. The van der Waals surface area contributed by atoms with E-state index in [-0.39, 0.29) is 0 Å². The van der Waals surface area contributed by atoms with Crippen molar-refractivity contribution in [3.63, 3.8) is 0 Å². The summed E-state index contributed by atoms with van der Waals surface area (Å²) in [7, 11) is 0. The van der Waals surface area contributed by atoms with Crippen LogP contribution in [-0.2, 0) is 0 Å². The van der Waals surface area contributed by atoms with Gasteiger partial charge in [-0.1, -0.05) is 12.5 Å². The van der Waals surface area contributed by atoms with E-state index in [4.69, 9.17) is 0 Å². The summed E-state index contributed by atoms with van der Waals surface area (Å²) in [6, 6.07) is 7.53. The minimum absolute atomic E-state index is 0.679. The maximum absolute atomic E-state index is 4.44. The molecule has 2 aliphatic rings. The lowest BCUT2D eigenvalue weighted by Gasteiger charge is -2.34. The van der Waals surface area contributed by atoms with Crippen LogP contribution in [0.1, 0.15) is 32.1 Å². The molecule has 1 aromatic heterocycles. The molecular formula is C16H26N4. The van der Waals surface area contributed by atoms with Gasteiger partial charge in [0.15, 0.2) is 0 Å². The molecule has 3 heterocycles. The highest BCUT2D eigenvalue weighted by Gasteiger charge is 2.21. The molecule has 0 aliphatic carbocycles. The van der Waals surface area contributed by atoms with Crippen LogP contribution in [0.4, 0.5) is 5.82 Å². The second kappa shape index (κ2) is 7.04. The normalized spacial score (nSPS) is 24.8. The SMILES string of the molecule is c1ccc(N2CCC(NCC3CCCCN3)CC2)nc1. The van der Waals surface area contributed by atoms with Crippen LogP contribution < -0.4 is 15.5 Å². The van der Waals surface area contributed by atoms with Gasteiger partial charge in [0.05, 0.1) is 0 Å². The Labute approximate surface area is 122 Å². The molecular weight excluding hydrogens is 248 g/mol. The summed E-state index contributed by atoms with van der Waals surface area (Å²) in [5, 5.41) is 7.36. The number of nitrogens with zero attached hydrogens (tertiary/aromatic N) is 2. The Balaban J connectivity index is 1.40. The summed E-state index contributed by atoms with van der Waals surface area (Å²) in [6.07, 6.45) is 8.40. The van der Waals surface area contributed by atoms with Crippen LogP contribution in [-0.4, -0.2) is 43.2 Å². The highest BCUT2D eigenvalue weighted by atomic mass is 15.2. The van der Waals surface area contributed by atoms with Gasteiger partial charge < -0.3 is 15.5 Å². The van der Waals surface area contributed by atoms with Crippen LogP contribution in [0.5, 0.6) is 0 Å². The van der Waals surface area contributed by atoms with Gasteiger partial charge in [-0.15, -0.1) is 0 Å². The van der Waals surface area contributed by atoms with E-state index in [0.717, 1.165) is 25.5 Å². The van der Waals surface area contributed by atoms with Gasteiger partial charge in [0.25, 0.3) is 0 Å². The van der Waals surface area contributed by atoms with Gasteiger partial charge in [0.1, 0.15) is 5.82 Å². The summed E-state index contributed by atoms with van der Waals surface area (Å²) >= 11 is 0. The van der Waals surface area contributed by atoms with Crippen LogP contribution in [0.25, 0.3) is 0 Å². The molecule has 0 bridgehead atoms. The van der Waals surface area contributed by atoms with Gasteiger partial charge in [0, 0.05) is 37.9 Å². The van der Waals surface area contributed by atoms with Gasteiger partial charge in [0.2, 0.25) is 0 Å². The molecule has 2 fully saturated rings. The van der Waals surface area contributed by atoms with Crippen molar-refractivity contribution in [3.05, 3.63) is 24.4 Å². The van der Waals surface area contributed by atoms with Crippen molar-refractivity contribution in [2.45, 2.75) is 44.2 Å². The average molecular weight is 274 g/mol. The summed E-state index contributed by atoms with van der Waals surface area (Å²) in [6.45, 7) is 4.57. The standard InChI is InChI=1S/C16H26N4/c1-3-9-17-15(5-1)13-19-14-7-11-20(12-8-14)16-6-2-4-10-18-16/h2,4,6,10,14-15,17,19H,1,3,5,7-9,11-13H2. The Morgan fingerprint density at radius 2 is 2.10 bits per heavy atom. The fourth-order valence-corrected chi connectivity index (χ4v) is 3.26. The highest BCUT2D eigenvalue weighted by molar-refractivity contribution is 5.38. The number of hydrogen-bond acceptors (Lipinski definition) is 4. The van der Waals surface area contributed by atoms with Gasteiger partial charge in [-0.3, -0.25) is 0 Å². The molecule has 110 valence electrons. The van der Waals surface area contributed by atoms with E-state index in [1.165, 1.54) is 38.6 Å². The lowest BCUT2D eigenvalue weighted by Crippen LogP contribution is -2.48. The zero-order valence-corrected chi connectivity index (χ0v) is 12.2. The fraction of sp³-hybridized carbons (Fsp3) is 0.688. The predicted molar refractivity (Wildman–Crippen MR) is 83.1 cm³/mol.